The van der Waals surface area contributed by atoms with Crippen LogP contribution in [0, 0.1) is 27.2 Å². The van der Waals surface area contributed by atoms with Gasteiger partial charge in [0, 0.05) is 11.6 Å². The number of amides is 1. The van der Waals surface area contributed by atoms with Crippen molar-refractivity contribution < 1.29 is 32.0 Å². The van der Waals surface area contributed by atoms with Gasteiger partial charge in [0.25, 0.3) is 5.69 Å². The van der Waals surface area contributed by atoms with E-state index in [4.69, 9.17) is 0 Å². The van der Waals surface area contributed by atoms with Gasteiger partial charge in [-0.2, -0.15) is 13.1 Å². The highest BCUT2D eigenvalue weighted by molar-refractivity contribution is 7.85. The van der Waals surface area contributed by atoms with Gasteiger partial charge in [-0.25, -0.2) is 4.79 Å². The van der Waals surface area contributed by atoms with Gasteiger partial charge in [0.15, 0.2) is 0 Å². The Morgan fingerprint density at radius 2 is 1.82 bits per heavy atom. The summed E-state index contributed by atoms with van der Waals surface area (Å²) < 4.78 is 32.8. The third-order valence-electron chi connectivity index (χ3n) is 2.23. The first-order valence-electron chi connectivity index (χ1n) is 5.31. The first-order chi connectivity index (χ1) is 10.1. The molecule has 12 nitrogen and oxygen atoms in total. The van der Waals surface area contributed by atoms with Crippen LogP contribution in [0.5, 0.6) is 5.75 Å². The Hall–Kier alpha value is -2.96. The summed E-state index contributed by atoms with van der Waals surface area (Å²) >= 11 is 0. The molecular weight excluding hydrogens is 326 g/mol. The lowest BCUT2D eigenvalue weighted by Crippen LogP contribution is -2.34. The summed E-state index contributed by atoms with van der Waals surface area (Å²) in [5, 5.41) is 21.6. The van der Waals surface area contributed by atoms with E-state index >= 15 is 0 Å². The van der Waals surface area contributed by atoms with Crippen LogP contribution in [0.4, 0.5) is 16.2 Å². The van der Waals surface area contributed by atoms with Crippen molar-refractivity contribution in [3.63, 3.8) is 0 Å². The highest BCUT2D eigenvalue weighted by Gasteiger charge is 2.28. The van der Waals surface area contributed by atoms with Crippen molar-refractivity contribution in [1.82, 2.24) is 4.72 Å². The molecule has 0 fully saturated rings. The Morgan fingerprint density at radius 1 is 1.23 bits per heavy atom. The molecule has 1 amide bonds. The van der Waals surface area contributed by atoms with Gasteiger partial charge in [-0.05, 0) is 6.92 Å². The summed E-state index contributed by atoms with van der Waals surface area (Å²) in [6.07, 6.45) is -1.37. The van der Waals surface area contributed by atoms with Crippen molar-refractivity contribution in [2.45, 2.75) is 6.92 Å². The number of methoxy groups -OCH3 is 1. The Kier molecular flexibility index (Phi) is 4.83. The van der Waals surface area contributed by atoms with Crippen LogP contribution in [0.1, 0.15) is 5.56 Å². The van der Waals surface area contributed by atoms with Crippen molar-refractivity contribution >= 4 is 27.8 Å². The lowest BCUT2D eigenvalue weighted by molar-refractivity contribution is -0.394. The van der Waals surface area contributed by atoms with E-state index in [-0.39, 0.29) is 5.56 Å². The van der Waals surface area contributed by atoms with Crippen LogP contribution in [-0.4, -0.2) is 31.5 Å². The molecular formula is C9H9N3O9S. The third-order valence-corrected chi connectivity index (χ3v) is 3.04. The minimum atomic E-state index is -4.76. The monoisotopic (exact) mass is 335 g/mol. The summed E-state index contributed by atoms with van der Waals surface area (Å²) in [4.78, 5) is 30.5. The number of aryl methyl sites for hydroxylation is 1. The zero-order valence-corrected chi connectivity index (χ0v) is 11.9. The minimum absolute atomic E-state index is 0.184. The molecule has 13 heteroatoms. The van der Waals surface area contributed by atoms with Gasteiger partial charge in [-0.1, -0.05) is 0 Å². The summed E-state index contributed by atoms with van der Waals surface area (Å²) in [7, 11) is -3.86. The van der Waals surface area contributed by atoms with Gasteiger partial charge < -0.3 is 8.92 Å². The maximum absolute atomic E-state index is 11.5. The second-order valence-corrected chi connectivity index (χ2v) is 5.04. The fraction of sp³-hybridized carbons (Fsp3) is 0.222. The van der Waals surface area contributed by atoms with Gasteiger partial charge in [0.2, 0.25) is 5.75 Å². The zero-order valence-electron chi connectivity index (χ0n) is 11.1. The molecule has 0 saturated carbocycles. The number of non-ortho nitro benzene ring substituents is 1. The number of carbonyl (C=O) groups is 1. The van der Waals surface area contributed by atoms with E-state index in [1.165, 1.54) is 11.6 Å². The highest BCUT2D eigenvalue weighted by Crippen LogP contribution is 2.35. The molecule has 0 aliphatic carbocycles. The number of nitro benzene ring substituents is 2. The Balaban J connectivity index is 3.33. The van der Waals surface area contributed by atoms with Crippen LogP contribution in [0.15, 0.2) is 12.1 Å². The van der Waals surface area contributed by atoms with Gasteiger partial charge in [-0.3, -0.25) is 20.2 Å². The second kappa shape index (κ2) is 6.21. The molecule has 1 aromatic rings. The fourth-order valence-corrected chi connectivity index (χ4v) is 2.13. The Labute approximate surface area is 123 Å². The van der Waals surface area contributed by atoms with E-state index in [9.17, 15) is 33.4 Å². The molecule has 0 radical (unpaired) electrons. The minimum Gasteiger partial charge on any atom is -0.452 e. The quantitative estimate of drug-likeness (QED) is 0.603. The number of hydrogen-bond donors (Lipinski definition) is 1. The number of nitrogens with zero attached hydrogens (tertiary/aromatic N) is 2. The maximum Gasteiger partial charge on any atom is 0.423 e. The molecule has 120 valence electrons. The van der Waals surface area contributed by atoms with Crippen molar-refractivity contribution in [2.24, 2.45) is 0 Å². The molecule has 0 atom stereocenters. The Morgan fingerprint density at radius 3 is 2.27 bits per heavy atom. The van der Waals surface area contributed by atoms with Crippen LogP contribution in [0.2, 0.25) is 0 Å². The lowest BCUT2D eigenvalue weighted by Gasteiger charge is -2.09. The molecule has 0 aliphatic heterocycles. The molecule has 0 bridgehead atoms. The molecule has 1 N–H and O–H groups in total. The first kappa shape index (κ1) is 17.1. The highest BCUT2D eigenvalue weighted by atomic mass is 32.2. The van der Waals surface area contributed by atoms with Gasteiger partial charge in [0.1, 0.15) is 0 Å². The smallest absolute Gasteiger partial charge is 0.423 e. The van der Waals surface area contributed by atoms with Gasteiger partial charge in [-0.15, -0.1) is 0 Å². The largest absolute Gasteiger partial charge is 0.452 e. The predicted molar refractivity (Wildman–Crippen MR) is 69.6 cm³/mol. The molecule has 1 rings (SSSR count). The van der Waals surface area contributed by atoms with E-state index in [1.54, 1.807) is 0 Å². The van der Waals surface area contributed by atoms with Crippen molar-refractivity contribution in [3.05, 3.63) is 37.9 Å². The molecule has 0 unspecified atom stereocenters. The molecule has 0 heterocycles. The number of rotatable bonds is 5. The first-order valence-corrected chi connectivity index (χ1v) is 6.72. The molecule has 22 heavy (non-hydrogen) atoms. The molecule has 0 saturated heterocycles. The van der Waals surface area contributed by atoms with E-state index in [2.05, 4.69) is 8.92 Å². The van der Waals surface area contributed by atoms with E-state index < -0.39 is 43.4 Å². The van der Waals surface area contributed by atoms with Crippen molar-refractivity contribution in [1.29, 1.82) is 0 Å². The average molecular weight is 335 g/mol. The number of hydrogen-bond acceptors (Lipinski definition) is 9. The molecule has 0 aliphatic rings. The number of ether oxygens (including phenoxy) is 1. The number of carbonyl (C=O) groups excluding carboxylic acids is 1. The maximum atomic E-state index is 11.5. The molecule has 0 spiro atoms. The topological polar surface area (TPSA) is 168 Å². The number of benzene rings is 1. The lowest BCUT2D eigenvalue weighted by atomic mass is 10.1. The van der Waals surface area contributed by atoms with Crippen LogP contribution in [-0.2, 0) is 15.0 Å². The normalized spacial score (nSPS) is 10.6. The van der Waals surface area contributed by atoms with Crippen LogP contribution in [0.25, 0.3) is 0 Å². The van der Waals surface area contributed by atoms with Crippen LogP contribution < -0.4 is 8.91 Å². The van der Waals surface area contributed by atoms with E-state index in [0.717, 1.165) is 13.2 Å². The summed E-state index contributed by atoms with van der Waals surface area (Å²) in [5.74, 6) is -0.757. The van der Waals surface area contributed by atoms with E-state index in [1.807, 2.05) is 0 Å². The van der Waals surface area contributed by atoms with Gasteiger partial charge in [0.05, 0.1) is 23.0 Å². The molecule has 0 aromatic heterocycles. The summed E-state index contributed by atoms with van der Waals surface area (Å²) in [6, 6.07) is 1.42. The van der Waals surface area contributed by atoms with E-state index in [0.29, 0.717) is 6.07 Å². The van der Waals surface area contributed by atoms with Crippen molar-refractivity contribution in [2.75, 3.05) is 7.11 Å². The standard InChI is InChI=1S/C9H9N3O9S/c1-5-3-6(11(14)15)4-7(12(16)17)8(5)21-22(18,19)10-9(13)20-2/h3-4H,1-2H3,(H,10,13). The molecule has 1 aromatic carbocycles. The fourth-order valence-electron chi connectivity index (χ4n) is 1.36. The van der Waals surface area contributed by atoms with Crippen LogP contribution >= 0.6 is 0 Å². The van der Waals surface area contributed by atoms with Crippen LogP contribution in [0.3, 0.4) is 0 Å². The SMILES string of the molecule is COC(=O)NS(=O)(=O)Oc1c(C)cc([N+](=O)[O-])cc1[N+](=O)[O-]. The third kappa shape index (κ3) is 4.02. The number of nitro groups is 2. The predicted octanol–water partition coefficient (Wildman–Crippen LogP) is 0.791. The second-order valence-electron chi connectivity index (χ2n) is 3.76. The average Bonchev–Trinajstić information content (AvgIpc) is 2.39. The Bertz CT molecular complexity index is 743. The number of nitrogens with one attached hydrogen (secondary N) is 1. The van der Waals surface area contributed by atoms with Gasteiger partial charge >= 0.3 is 22.1 Å². The zero-order chi connectivity index (χ0) is 17.1. The van der Waals surface area contributed by atoms with Crippen molar-refractivity contribution in [3.8, 4) is 5.75 Å². The summed E-state index contributed by atoms with van der Waals surface area (Å²) in [5.41, 5.74) is -1.74. The summed E-state index contributed by atoms with van der Waals surface area (Å²) in [6.45, 7) is 1.17.